The van der Waals surface area contributed by atoms with Crippen molar-refractivity contribution in [2.24, 2.45) is 0 Å². The first-order valence-electron chi connectivity index (χ1n) is 9.43. The number of hydrogen-bond acceptors (Lipinski definition) is 7. The maximum atomic E-state index is 13.2. The second-order valence-electron chi connectivity index (χ2n) is 7.38. The van der Waals surface area contributed by atoms with Gasteiger partial charge in [0.15, 0.2) is 5.76 Å². The van der Waals surface area contributed by atoms with E-state index in [1.54, 1.807) is 50.2 Å². The molecule has 172 valence electrons. The van der Waals surface area contributed by atoms with Crippen LogP contribution in [-0.2, 0) is 21.3 Å². The van der Waals surface area contributed by atoms with Crippen LogP contribution in [0.2, 0.25) is 0 Å². The van der Waals surface area contributed by atoms with Gasteiger partial charge in [-0.05, 0) is 50.8 Å². The van der Waals surface area contributed by atoms with Gasteiger partial charge in [0, 0.05) is 5.56 Å². The first kappa shape index (κ1) is 23.4. The Morgan fingerprint density at radius 2 is 1.78 bits per heavy atom. The molecule has 1 aliphatic rings. The molecule has 1 atom stereocenters. The highest BCUT2D eigenvalue weighted by Gasteiger charge is 2.39. The van der Waals surface area contributed by atoms with Crippen LogP contribution in [0, 0.1) is 5.21 Å². The van der Waals surface area contributed by atoms with Crippen LogP contribution in [0.25, 0.3) is 5.76 Å². The van der Waals surface area contributed by atoms with Crippen molar-refractivity contribution in [1.82, 2.24) is 20.8 Å². The van der Waals surface area contributed by atoms with Crippen molar-refractivity contribution >= 4 is 11.7 Å². The van der Waals surface area contributed by atoms with Gasteiger partial charge in [0.05, 0.1) is 18.9 Å². The second kappa shape index (κ2) is 8.69. The van der Waals surface area contributed by atoms with Crippen LogP contribution in [0.1, 0.15) is 23.6 Å². The van der Waals surface area contributed by atoms with E-state index in [2.05, 4.69) is 5.43 Å². The molecule has 1 N–H and O–H groups in total. The van der Waals surface area contributed by atoms with Crippen molar-refractivity contribution < 1.29 is 27.5 Å². The molecule has 1 unspecified atom stereocenters. The zero-order chi connectivity index (χ0) is 23.7. The Labute approximate surface area is 182 Å². The lowest BCUT2D eigenvalue weighted by atomic mass is 9.89. The Kier molecular flexibility index (Phi) is 6.35. The van der Waals surface area contributed by atoms with E-state index in [0.29, 0.717) is 11.3 Å². The number of nitrogens with one attached hydrogen (secondary N) is 1. The van der Waals surface area contributed by atoms with Gasteiger partial charge in [-0.3, -0.25) is 9.69 Å². The average molecular weight is 451 g/mol. The number of likely N-dealkylation sites (N-methyl/N-ethyl adjacent to an activating group) is 1. The molecule has 8 nitrogen and oxygen atoms in total. The third-order valence-corrected chi connectivity index (χ3v) is 5.27. The van der Waals surface area contributed by atoms with Crippen LogP contribution >= 0.6 is 0 Å². The van der Waals surface area contributed by atoms with Crippen molar-refractivity contribution in [3.05, 3.63) is 76.6 Å². The lowest BCUT2D eigenvalue weighted by molar-refractivity contribution is -0.186. The summed E-state index contributed by atoms with van der Waals surface area (Å²) in [6.45, 7) is 1.67. The summed E-state index contributed by atoms with van der Waals surface area (Å²) < 4.78 is 43.5. The minimum atomic E-state index is -4.48. The SMILES string of the molecule is COc1cccc(C(C)(C(=O)NN2C=C(c3ccc(C(F)(F)F)cc3)ON2[O-])N(C)C)c1. The quantitative estimate of drug-likeness (QED) is 0.720. The van der Waals surface area contributed by atoms with E-state index in [-0.39, 0.29) is 16.7 Å². The molecular weight excluding hydrogens is 429 g/mol. The normalized spacial score (nSPS) is 16.4. The number of rotatable bonds is 6. The van der Waals surface area contributed by atoms with Gasteiger partial charge in [0.25, 0.3) is 5.91 Å². The predicted molar refractivity (Wildman–Crippen MR) is 110 cm³/mol. The summed E-state index contributed by atoms with van der Waals surface area (Å²) >= 11 is 0. The van der Waals surface area contributed by atoms with Crippen LogP contribution in [-0.4, -0.2) is 42.5 Å². The van der Waals surface area contributed by atoms with Gasteiger partial charge < -0.3 is 14.8 Å². The Bertz CT molecular complexity index is 1010. The van der Waals surface area contributed by atoms with E-state index in [0.717, 1.165) is 17.3 Å². The second-order valence-corrected chi connectivity index (χ2v) is 7.38. The largest absolute Gasteiger partial charge is 0.732 e. The molecule has 0 saturated carbocycles. The van der Waals surface area contributed by atoms with Gasteiger partial charge in [0.2, 0.25) is 0 Å². The molecule has 3 rings (SSSR count). The van der Waals surface area contributed by atoms with Crippen molar-refractivity contribution in [1.29, 1.82) is 0 Å². The topological polar surface area (TPSA) is 80.3 Å². The molecule has 2 aromatic carbocycles. The zero-order valence-electron chi connectivity index (χ0n) is 17.8. The smallest absolute Gasteiger partial charge is 0.416 e. The monoisotopic (exact) mass is 451 g/mol. The fourth-order valence-corrected chi connectivity index (χ4v) is 3.06. The number of hydrogen-bond donors (Lipinski definition) is 1. The minimum Gasteiger partial charge on any atom is -0.732 e. The molecular formula is C21H22F3N4O4-. The lowest BCUT2D eigenvalue weighted by Gasteiger charge is -2.38. The van der Waals surface area contributed by atoms with Crippen LogP contribution in [0.3, 0.4) is 0 Å². The van der Waals surface area contributed by atoms with E-state index in [1.807, 2.05) is 0 Å². The van der Waals surface area contributed by atoms with Gasteiger partial charge in [-0.15, -0.1) is 0 Å². The summed E-state index contributed by atoms with van der Waals surface area (Å²) in [6, 6.07) is 11.0. The average Bonchev–Trinajstić information content (AvgIpc) is 3.12. The van der Waals surface area contributed by atoms with Gasteiger partial charge >= 0.3 is 6.18 Å². The summed E-state index contributed by atoms with van der Waals surface area (Å²) in [4.78, 5) is 19.9. The van der Waals surface area contributed by atoms with Crippen LogP contribution < -0.4 is 10.2 Å². The van der Waals surface area contributed by atoms with E-state index in [1.165, 1.54) is 25.4 Å². The van der Waals surface area contributed by atoms with E-state index >= 15 is 0 Å². The standard InChI is InChI=1S/C21H22F3N4O4/c1-20(26(2)3,16-6-5-7-17(12-16)31-4)19(29)25-27-13-18(32-28(27)30)14-8-10-15(11-9-14)21(22,23)24/h5-13H,1-4H3,(H,25,29)/q-1. The molecule has 0 bridgehead atoms. The first-order chi connectivity index (χ1) is 15.0. The van der Waals surface area contributed by atoms with Gasteiger partial charge in [0.1, 0.15) is 11.3 Å². The molecule has 11 heteroatoms. The summed E-state index contributed by atoms with van der Waals surface area (Å²) in [5.74, 6) is -0.0186. The molecule has 0 radical (unpaired) electrons. The number of halogens is 3. The first-order valence-corrected chi connectivity index (χ1v) is 9.43. The molecule has 32 heavy (non-hydrogen) atoms. The summed E-state index contributed by atoms with van der Waals surface area (Å²) in [5.41, 5.74) is 1.29. The van der Waals surface area contributed by atoms with Crippen LogP contribution in [0.5, 0.6) is 5.75 Å². The number of alkyl halides is 3. The van der Waals surface area contributed by atoms with Crippen molar-refractivity contribution in [3.8, 4) is 5.75 Å². The van der Waals surface area contributed by atoms with Gasteiger partial charge in [-0.25, -0.2) is 5.43 Å². The van der Waals surface area contributed by atoms with Crippen LogP contribution in [0.15, 0.2) is 54.7 Å². The molecule has 0 aromatic heterocycles. The number of methoxy groups -OCH3 is 1. The molecule has 0 spiro atoms. The Morgan fingerprint density at radius 1 is 1.12 bits per heavy atom. The fraction of sp³-hybridized carbons (Fsp3) is 0.286. The lowest BCUT2D eigenvalue weighted by Crippen LogP contribution is -2.56. The zero-order valence-corrected chi connectivity index (χ0v) is 17.8. The number of hydrazine groups is 2. The molecule has 1 amide bonds. The Hall–Kier alpha value is -3.28. The highest BCUT2D eigenvalue weighted by molar-refractivity contribution is 5.87. The molecule has 0 aliphatic carbocycles. The molecule has 0 saturated heterocycles. The summed E-state index contributed by atoms with van der Waals surface area (Å²) in [7, 11) is 4.92. The van der Waals surface area contributed by atoms with E-state index in [9.17, 15) is 23.2 Å². The molecule has 0 fully saturated rings. The Morgan fingerprint density at radius 3 is 2.34 bits per heavy atom. The number of nitrogens with zero attached hydrogens (tertiary/aromatic N) is 3. The fourth-order valence-electron chi connectivity index (χ4n) is 3.06. The van der Waals surface area contributed by atoms with Gasteiger partial charge in [-0.1, -0.05) is 29.6 Å². The van der Waals surface area contributed by atoms with Crippen molar-refractivity contribution in [2.45, 2.75) is 18.6 Å². The Balaban J connectivity index is 1.83. The van der Waals surface area contributed by atoms with Crippen LogP contribution in [0.4, 0.5) is 13.2 Å². The molecule has 1 heterocycles. The van der Waals surface area contributed by atoms with Crippen molar-refractivity contribution in [2.75, 3.05) is 21.2 Å². The summed E-state index contributed by atoms with van der Waals surface area (Å²) in [5, 5.41) is 13.0. The van der Waals surface area contributed by atoms with E-state index in [4.69, 9.17) is 9.57 Å². The van der Waals surface area contributed by atoms with Gasteiger partial charge in [-0.2, -0.15) is 18.3 Å². The third-order valence-electron chi connectivity index (χ3n) is 5.27. The van der Waals surface area contributed by atoms with E-state index < -0.39 is 23.2 Å². The number of ether oxygens (including phenoxy) is 1. The number of carbonyl (C=O) groups excluding carboxylic acids is 1. The predicted octanol–water partition coefficient (Wildman–Crippen LogP) is 3.48. The minimum absolute atomic E-state index is 0.0204. The number of carbonyl (C=O) groups is 1. The maximum Gasteiger partial charge on any atom is 0.416 e. The highest BCUT2D eigenvalue weighted by Crippen LogP contribution is 2.32. The van der Waals surface area contributed by atoms with Crippen molar-refractivity contribution in [3.63, 3.8) is 0 Å². The number of amides is 1. The molecule has 1 aliphatic heterocycles. The maximum absolute atomic E-state index is 13.2. The third kappa shape index (κ3) is 4.49. The summed E-state index contributed by atoms with van der Waals surface area (Å²) in [6.07, 6.45) is -3.31. The molecule has 2 aromatic rings. The highest BCUT2D eigenvalue weighted by atomic mass is 19.4. The number of benzene rings is 2.